The van der Waals surface area contributed by atoms with Crippen LogP contribution in [0.3, 0.4) is 0 Å². The Hall–Kier alpha value is -6.55. The molecule has 0 radical (unpaired) electrons. The van der Waals surface area contributed by atoms with E-state index in [1.165, 1.54) is 49.9 Å². The summed E-state index contributed by atoms with van der Waals surface area (Å²) in [6, 6.07) is 17.9. The maximum atomic E-state index is 14.7. The Balaban J connectivity index is 1.56. The van der Waals surface area contributed by atoms with Gasteiger partial charge in [-0.25, -0.2) is 4.72 Å². The number of nitrogens with one attached hydrogen (secondary N) is 4. The average molecular weight is 981 g/mol. The molecule has 0 saturated carbocycles. The summed E-state index contributed by atoms with van der Waals surface area (Å²) in [5, 5.41) is 7.59. The third-order valence-electron chi connectivity index (χ3n) is 11.3. The van der Waals surface area contributed by atoms with Crippen LogP contribution in [-0.2, 0) is 42.0 Å². The Kier molecular flexibility index (Phi) is 18.7. The number of rotatable bonds is 19. The lowest BCUT2D eigenvalue weighted by atomic mass is 9.93. The maximum Gasteiger partial charge on any atom is 0.516 e. The minimum absolute atomic E-state index is 0.00854. The number of amides is 5. The van der Waals surface area contributed by atoms with Crippen molar-refractivity contribution in [2.24, 2.45) is 17.2 Å². The number of sulfonamides is 1. The van der Waals surface area contributed by atoms with E-state index in [0.29, 0.717) is 6.42 Å². The number of fused-ring (bicyclic) bond motifs is 5. The Morgan fingerprint density at radius 2 is 1.41 bits per heavy atom. The highest BCUT2D eigenvalue weighted by atomic mass is 32.2. The van der Waals surface area contributed by atoms with Gasteiger partial charge in [-0.05, 0) is 103 Å². The van der Waals surface area contributed by atoms with Gasteiger partial charge in [0.05, 0.1) is 0 Å². The molecule has 4 aromatic rings. The number of carbonyl (C=O) groups is 5. The molecule has 10 N–H and O–H groups in total. The van der Waals surface area contributed by atoms with Crippen molar-refractivity contribution in [3.05, 3.63) is 107 Å². The van der Waals surface area contributed by atoms with E-state index >= 15 is 0 Å². The van der Waals surface area contributed by atoms with Gasteiger partial charge in [0.1, 0.15) is 48.9 Å². The van der Waals surface area contributed by atoms with Crippen LogP contribution in [0.15, 0.2) is 84.9 Å². The number of alkyl halides is 3. The van der Waals surface area contributed by atoms with E-state index in [-0.39, 0.29) is 78.6 Å². The zero-order valence-corrected chi connectivity index (χ0v) is 39.4. The quantitative estimate of drug-likeness (QED) is 0.0711. The normalized spacial score (nSPS) is 16.8. The number of halogens is 3. The highest BCUT2D eigenvalue weighted by Gasteiger charge is 2.48. The van der Waals surface area contributed by atoms with Gasteiger partial charge in [0.2, 0.25) is 17.7 Å². The second-order valence-electron chi connectivity index (χ2n) is 16.5. The van der Waals surface area contributed by atoms with Crippen molar-refractivity contribution in [2.75, 3.05) is 39.9 Å². The van der Waals surface area contributed by atoms with Crippen LogP contribution < -0.4 is 47.3 Å². The van der Waals surface area contributed by atoms with Gasteiger partial charge in [-0.3, -0.25) is 24.0 Å². The van der Waals surface area contributed by atoms with E-state index in [1.54, 1.807) is 30.3 Å². The first kappa shape index (κ1) is 53.4. The molecule has 0 unspecified atom stereocenters. The molecule has 0 aliphatic carbocycles. The SMILES string of the molecule is CCCCc1ccc(-c2ccc(C(=O)N[C@@H](CCCN)C(=O)N(C)[C@@H]3C(=O)N[C@@H](C)C(=O)N[C@H](C(=O)NS(=O)(=O)C(F)(F)F)Cc4ccc(OCCN)c(c4)-c4cc3ccc4OCCN)cc2)cc1. The van der Waals surface area contributed by atoms with Gasteiger partial charge in [-0.2, -0.15) is 21.6 Å². The van der Waals surface area contributed by atoms with E-state index in [4.69, 9.17) is 26.7 Å². The fourth-order valence-electron chi connectivity index (χ4n) is 7.60. The standard InChI is InChI=1S/C48H59F3N8O9S/c1-4-5-7-30-9-12-32(13-10-30)33-14-16-34(17-15-33)44(61)56-38(8-6-21-52)47(64)59(3)42-35-18-20-41(68-25-23-54)37(28-35)36-26-31(11-19-40(36)67-24-22-53)27-39(57-43(60)29(2)55-46(42)63)45(62)58-69(65,66)48(49,50)51/h9-20,26,28-29,38-39,42H,4-8,21-25,27,52-54H2,1-3H3,(H,55,63)(H,56,61)(H,57,60)(H,58,62)/t29-,38-,39-,42-/m0/s1. The zero-order chi connectivity index (χ0) is 50.5. The number of ether oxygens (including phenoxy) is 2. The van der Waals surface area contributed by atoms with Crippen molar-refractivity contribution in [3.63, 3.8) is 0 Å². The highest BCUT2D eigenvalue weighted by molar-refractivity contribution is 7.90. The van der Waals surface area contributed by atoms with Crippen molar-refractivity contribution in [3.8, 4) is 33.8 Å². The molecule has 1 heterocycles. The predicted molar refractivity (Wildman–Crippen MR) is 253 cm³/mol. The lowest BCUT2D eigenvalue weighted by molar-refractivity contribution is -0.141. The van der Waals surface area contributed by atoms with Crippen molar-refractivity contribution in [1.29, 1.82) is 0 Å². The number of aryl methyl sites for hydroxylation is 1. The molecule has 21 heteroatoms. The van der Waals surface area contributed by atoms with Crippen molar-refractivity contribution in [2.45, 2.75) is 82.0 Å². The molecule has 69 heavy (non-hydrogen) atoms. The molecular weight excluding hydrogens is 922 g/mol. The van der Waals surface area contributed by atoms with Gasteiger partial charge in [-0.1, -0.05) is 61.9 Å². The van der Waals surface area contributed by atoms with E-state index in [9.17, 15) is 45.6 Å². The molecule has 0 fully saturated rings. The third kappa shape index (κ3) is 13.8. The van der Waals surface area contributed by atoms with Crippen molar-refractivity contribution in [1.82, 2.24) is 25.6 Å². The van der Waals surface area contributed by atoms with E-state index in [2.05, 4.69) is 35.0 Å². The van der Waals surface area contributed by atoms with Gasteiger partial charge < -0.3 is 47.5 Å². The van der Waals surface area contributed by atoms with Gasteiger partial charge in [0.15, 0.2) is 0 Å². The molecule has 4 bridgehead atoms. The van der Waals surface area contributed by atoms with Crippen LogP contribution in [-0.4, -0.2) is 106 Å². The van der Waals surface area contributed by atoms with Gasteiger partial charge in [0, 0.05) is 43.2 Å². The summed E-state index contributed by atoms with van der Waals surface area (Å²) in [6.07, 6.45) is 2.98. The molecule has 4 aromatic carbocycles. The smallest absolute Gasteiger partial charge is 0.492 e. The van der Waals surface area contributed by atoms with Crippen LogP contribution in [0.2, 0.25) is 0 Å². The summed E-state index contributed by atoms with van der Waals surface area (Å²) in [4.78, 5) is 71.2. The summed E-state index contributed by atoms with van der Waals surface area (Å²) in [7, 11) is -4.88. The largest absolute Gasteiger partial charge is 0.516 e. The lowest BCUT2D eigenvalue weighted by Crippen LogP contribution is -2.56. The number of unbranched alkanes of at least 4 members (excludes halogenated alkanes) is 1. The first-order valence-corrected chi connectivity index (χ1v) is 23.9. The van der Waals surface area contributed by atoms with Crippen molar-refractivity contribution >= 4 is 39.6 Å². The highest BCUT2D eigenvalue weighted by Crippen LogP contribution is 2.40. The van der Waals surface area contributed by atoms with Gasteiger partial charge >= 0.3 is 15.5 Å². The Morgan fingerprint density at radius 1 is 0.812 bits per heavy atom. The molecule has 0 aromatic heterocycles. The number of hydrogen-bond acceptors (Lipinski definition) is 12. The number of carbonyl (C=O) groups excluding carboxylic acids is 5. The van der Waals surface area contributed by atoms with Gasteiger partial charge in [-0.15, -0.1) is 0 Å². The molecule has 1 aliphatic heterocycles. The monoisotopic (exact) mass is 980 g/mol. The van der Waals surface area contributed by atoms with E-state index in [0.717, 1.165) is 40.0 Å². The molecule has 0 saturated heterocycles. The summed E-state index contributed by atoms with van der Waals surface area (Å²) >= 11 is 0. The number of nitrogens with two attached hydrogens (primary N) is 3. The second kappa shape index (κ2) is 24.1. The van der Waals surface area contributed by atoms with E-state index < -0.39 is 75.7 Å². The maximum absolute atomic E-state index is 14.7. The zero-order valence-electron chi connectivity index (χ0n) is 38.6. The minimum atomic E-state index is -6.21. The Morgan fingerprint density at radius 3 is 1.99 bits per heavy atom. The number of nitrogens with zero attached hydrogens (tertiary/aromatic N) is 1. The number of hydrogen-bond donors (Lipinski definition) is 7. The Bertz CT molecular complexity index is 2560. The molecule has 372 valence electrons. The topological polar surface area (TPSA) is 267 Å². The third-order valence-corrected chi connectivity index (χ3v) is 12.4. The fourth-order valence-corrected chi connectivity index (χ4v) is 8.12. The van der Waals surface area contributed by atoms with Gasteiger partial charge in [0.25, 0.3) is 11.8 Å². The summed E-state index contributed by atoms with van der Waals surface area (Å²) in [5.74, 6) is -4.61. The predicted octanol–water partition coefficient (Wildman–Crippen LogP) is 3.59. The molecule has 1 aliphatic rings. The van der Waals surface area contributed by atoms with E-state index in [1.807, 2.05) is 12.1 Å². The van der Waals surface area contributed by atoms with Crippen LogP contribution in [0.1, 0.15) is 72.6 Å². The minimum Gasteiger partial charge on any atom is -0.492 e. The second-order valence-corrected chi connectivity index (χ2v) is 18.1. The number of benzene rings is 4. The molecule has 17 nitrogen and oxygen atoms in total. The van der Waals surface area contributed by atoms with Crippen LogP contribution in [0, 0.1) is 0 Å². The first-order valence-electron chi connectivity index (χ1n) is 22.5. The van der Waals surface area contributed by atoms with Crippen LogP contribution in [0.5, 0.6) is 11.5 Å². The molecule has 4 atom stereocenters. The average Bonchev–Trinajstić information content (AvgIpc) is 3.32. The summed E-state index contributed by atoms with van der Waals surface area (Å²) in [5.41, 5.74) is 15.8. The van der Waals surface area contributed by atoms with Crippen LogP contribution in [0.25, 0.3) is 22.3 Å². The number of likely N-dealkylation sites (N-methyl/N-ethyl adjacent to an activating group) is 1. The molecule has 0 spiro atoms. The fraction of sp³-hybridized carbons (Fsp3) is 0.396. The van der Waals surface area contributed by atoms with Crippen LogP contribution in [0.4, 0.5) is 13.2 Å². The summed E-state index contributed by atoms with van der Waals surface area (Å²) in [6.45, 7) is 3.70. The first-order chi connectivity index (χ1) is 32.8. The summed E-state index contributed by atoms with van der Waals surface area (Å²) < 4.78 is 77.3. The lowest BCUT2D eigenvalue weighted by Gasteiger charge is -2.32. The molecule has 5 amide bonds. The Labute approximate surface area is 399 Å². The van der Waals surface area contributed by atoms with Crippen LogP contribution >= 0.6 is 0 Å². The molecular formula is C48H59F3N8O9S. The van der Waals surface area contributed by atoms with Crippen molar-refractivity contribution < 1.29 is 55.0 Å². The molecule has 5 rings (SSSR count).